The normalized spacial score (nSPS) is 8.96. The average molecular weight is 378 g/mol. The second-order valence-electron chi connectivity index (χ2n) is 5.79. The van der Waals surface area contributed by atoms with Crippen LogP contribution in [-0.4, -0.2) is 30.4 Å². The number of hydrogen-bond acceptors (Lipinski definition) is 3. The molecule has 0 aliphatic heterocycles. The van der Waals surface area contributed by atoms with Crippen LogP contribution < -0.4 is 11.1 Å². The van der Waals surface area contributed by atoms with Gasteiger partial charge in [-0.15, -0.1) is 12.8 Å². The Bertz CT molecular complexity index is 756. The lowest BCUT2D eigenvalue weighted by molar-refractivity contribution is -0.114. The first-order valence-corrected chi connectivity index (χ1v) is 9.28. The van der Waals surface area contributed by atoms with Gasteiger partial charge in [0.05, 0.1) is 0 Å². The maximum absolute atomic E-state index is 10.6. The molecule has 0 aliphatic carbocycles. The number of anilines is 2. The van der Waals surface area contributed by atoms with Gasteiger partial charge in [0.15, 0.2) is 0 Å². The number of nitrogens with zero attached hydrogens (tertiary/aromatic N) is 1. The van der Waals surface area contributed by atoms with E-state index >= 15 is 0 Å². The Morgan fingerprint density at radius 3 is 1.57 bits per heavy atom. The summed E-state index contributed by atoms with van der Waals surface area (Å²) in [5, 5.41) is 2.65. The largest absolute Gasteiger partial charge is 0.399 e. The van der Waals surface area contributed by atoms with Gasteiger partial charge in [-0.2, -0.15) is 0 Å². The summed E-state index contributed by atoms with van der Waals surface area (Å²) >= 11 is 0. The van der Waals surface area contributed by atoms with Crippen LogP contribution in [0.3, 0.4) is 0 Å². The average Bonchev–Trinajstić information content (AvgIpc) is 2.71. The van der Waals surface area contributed by atoms with Crippen LogP contribution in [0, 0.1) is 24.7 Å². The van der Waals surface area contributed by atoms with Crippen molar-refractivity contribution in [3.8, 4) is 24.7 Å². The van der Waals surface area contributed by atoms with Crippen LogP contribution in [-0.2, 0) is 4.79 Å². The highest BCUT2D eigenvalue weighted by Crippen LogP contribution is 2.08. The fourth-order valence-corrected chi connectivity index (χ4v) is 2.10. The molecule has 0 saturated heterocycles. The molecule has 0 heterocycles. The lowest BCUT2D eigenvalue weighted by Crippen LogP contribution is -2.21. The molecule has 0 bridgehead atoms. The van der Waals surface area contributed by atoms with E-state index in [1.165, 1.54) is 26.6 Å². The molecule has 2 aromatic rings. The zero-order chi connectivity index (χ0) is 21.4. The Hall–Kier alpha value is -3.21. The number of nitrogens with one attached hydrogen (secondary N) is 1. The van der Waals surface area contributed by atoms with Gasteiger partial charge in [-0.3, -0.25) is 4.79 Å². The number of nitrogen functional groups attached to an aromatic ring is 1. The zero-order valence-corrected chi connectivity index (χ0v) is 17.3. The first-order chi connectivity index (χ1) is 13.4. The maximum atomic E-state index is 10.6. The molecule has 0 spiro atoms. The number of carbonyl (C=O) groups is 1. The molecule has 0 aliphatic rings. The molecule has 0 radical (unpaired) electrons. The molecular weight excluding hydrogens is 346 g/mol. The van der Waals surface area contributed by atoms with Gasteiger partial charge in [0.1, 0.15) is 0 Å². The van der Waals surface area contributed by atoms with Crippen molar-refractivity contribution in [1.29, 1.82) is 0 Å². The third kappa shape index (κ3) is 11.4. The summed E-state index contributed by atoms with van der Waals surface area (Å²) in [7, 11) is 0. The minimum absolute atomic E-state index is 0.0801. The van der Waals surface area contributed by atoms with Gasteiger partial charge in [-0.05, 0) is 68.2 Å². The predicted molar refractivity (Wildman–Crippen MR) is 121 cm³/mol. The van der Waals surface area contributed by atoms with E-state index in [0.717, 1.165) is 22.5 Å². The van der Waals surface area contributed by atoms with Crippen LogP contribution in [0.5, 0.6) is 0 Å². The van der Waals surface area contributed by atoms with Crippen molar-refractivity contribution >= 4 is 17.3 Å². The van der Waals surface area contributed by atoms with Crippen molar-refractivity contribution in [2.75, 3.05) is 30.7 Å². The molecule has 0 aromatic heterocycles. The van der Waals surface area contributed by atoms with Crippen molar-refractivity contribution in [2.45, 2.75) is 27.7 Å². The first-order valence-electron chi connectivity index (χ1n) is 9.28. The number of nitrogens with two attached hydrogens (primary N) is 1. The smallest absolute Gasteiger partial charge is 0.221 e. The van der Waals surface area contributed by atoms with Crippen molar-refractivity contribution < 1.29 is 4.79 Å². The molecule has 4 nitrogen and oxygen atoms in total. The fraction of sp³-hybridized carbons (Fsp3) is 0.292. The SMILES string of the molecule is C#Cc1ccc(N)cc1.C#Cc1ccc(NC(C)=O)cc1.CCN(CC)CC. The molecule has 1 amide bonds. The van der Waals surface area contributed by atoms with Gasteiger partial charge in [0, 0.05) is 29.4 Å². The van der Waals surface area contributed by atoms with E-state index in [9.17, 15) is 4.79 Å². The Morgan fingerprint density at radius 2 is 1.29 bits per heavy atom. The molecule has 0 fully saturated rings. The second-order valence-corrected chi connectivity index (χ2v) is 5.79. The molecule has 0 saturated carbocycles. The van der Waals surface area contributed by atoms with E-state index in [0.29, 0.717) is 0 Å². The van der Waals surface area contributed by atoms with Crippen molar-refractivity contribution in [1.82, 2.24) is 4.90 Å². The first kappa shape index (κ1) is 24.8. The van der Waals surface area contributed by atoms with Crippen LogP contribution in [0.4, 0.5) is 11.4 Å². The van der Waals surface area contributed by atoms with Gasteiger partial charge in [0.25, 0.3) is 0 Å². The highest BCUT2D eigenvalue weighted by Gasteiger charge is 1.93. The zero-order valence-electron chi connectivity index (χ0n) is 17.3. The lowest BCUT2D eigenvalue weighted by atomic mass is 10.2. The summed E-state index contributed by atoms with van der Waals surface area (Å²) in [5.74, 6) is 4.91. The Labute approximate surface area is 170 Å². The van der Waals surface area contributed by atoms with E-state index in [-0.39, 0.29) is 5.91 Å². The monoisotopic (exact) mass is 377 g/mol. The summed E-state index contributed by atoms with van der Waals surface area (Å²) < 4.78 is 0. The molecule has 4 heteroatoms. The van der Waals surface area contributed by atoms with Crippen LogP contribution in [0.25, 0.3) is 0 Å². The van der Waals surface area contributed by atoms with Crippen LogP contribution in [0.15, 0.2) is 48.5 Å². The van der Waals surface area contributed by atoms with Gasteiger partial charge >= 0.3 is 0 Å². The van der Waals surface area contributed by atoms with Gasteiger partial charge in [-0.1, -0.05) is 32.6 Å². The van der Waals surface area contributed by atoms with Crippen molar-refractivity contribution in [2.24, 2.45) is 0 Å². The molecule has 3 N–H and O–H groups in total. The van der Waals surface area contributed by atoms with Gasteiger partial charge in [-0.25, -0.2) is 0 Å². The molecule has 2 rings (SSSR count). The molecular formula is C24H31N3O. The Morgan fingerprint density at radius 1 is 0.893 bits per heavy atom. The Kier molecular flexibility index (Phi) is 13.2. The summed E-state index contributed by atoms with van der Waals surface area (Å²) in [5.41, 5.74) is 8.60. The third-order valence-corrected chi connectivity index (χ3v) is 3.79. The van der Waals surface area contributed by atoms with Crippen LogP contribution in [0.2, 0.25) is 0 Å². The molecule has 2 aromatic carbocycles. The van der Waals surface area contributed by atoms with E-state index in [1.54, 1.807) is 36.4 Å². The minimum atomic E-state index is -0.0801. The highest BCUT2D eigenvalue weighted by molar-refractivity contribution is 5.88. The third-order valence-electron chi connectivity index (χ3n) is 3.79. The van der Waals surface area contributed by atoms with Crippen LogP contribution >= 0.6 is 0 Å². The summed E-state index contributed by atoms with van der Waals surface area (Å²) in [6, 6.07) is 14.3. The molecule has 0 unspecified atom stereocenters. The van der Waals surface area contributed by atoms with E-state index in [2.05, 4.69) is 42.8 Å². The molecule has 28 heavy (non-hydrogen) atoms. The quantitative estimate of drug-likeness (QED) is 0.619. The second kappa shape index (κ2) is 14.9. The minimum Gasteiger partial charge on any atom is -0.399 e. The van der Waals surface area contributed by atoms with Crippen LogP contribution in [0.1, 0.15) is 38.8 Å². The number of hydrogen-bond donors (Lipinski definition) is 2. The van der Waals surface area contributed by atoms with E-state index in [1.807, 2.05) is 12.1 Å². The van der Waals surface area contributed by atoms with E-state index < -0.39 is 0 Å². The number of carbonyl (C=O) groups excluding carboxylic acids is 1. The maximum Gasteiger partial charge on any atom is 0.221 e. The standard InChI is InChI=1S/C10H9NO.C8H7N.C6H15N/c1-3-9-4-6-10(7-5-9)11-8(2)12;1-2-7-3-5-8(9)6-4-7;1-4-7(5-2)6-3/h1,4-7H,2H3,(H,11,12);1,3-6H,9H2;4-6H2,1-3H3. The summed E-state index contributed by atoms with van der Waals surface area (Å²) in [4.78, 5) is 13.0. The molecule has 0 atom stereocenters. The Balaban J connectivity index is 0.000000408. The van der Waals surface area contributed by atoms with Gasteiger partial charge < -0.3 is 16.0 Å². The summed E-state index contributed by atoms with van der Waals surface area (Å²) in [6.07, 6.45) is 10.3. The lowest BCUT2D eigenvalue weighted by Gasteiger charge is -2.13. The number of terminal acetylenes is 2. The number of benzene rings is 2. The fourth-order valence-electron chi connectivity index (χ4n) is 2.10. The van der Waals surface area contributed by atoms with Crippen molar-refractivity contribution in [3.63, 3.8) is 0 Å². The van der Waals surface area contributed by atoms with E-state index in [4.69, 9.17) is 18.6 Å². The predicted octanol–water partition coefficient (Wildman–Crippen LogP) is 4.22. The topological polar surface area (TPSA) is 58.4 Å². The number of rotatable bonds is 4. The molecule has 148 valence electrons. The van der Waals surface area contributed by atoms with Crippen molar-refractivity contribution in [3.05, 3.63) is 59.7 Å². The highest BCUT2D eigenvalue weighted by atomic mass is 16.1. The summed E-state index contributed by atoms with van der Waals surface area (Å²) in [6.45, 7) is 11.6. The van der Waals surface area contributed by atoms with Gasteiger partial charge in [0.2, 0.25) is 5.91 Å². The number of amides is 1.